The molecule has 1 unspecified atom stereocenters. The minimum Gasteiger partial charge on any atom is -0.493 e. The number of aromatic nitrogens is 4. The number of nitrogens with zero attached hydrogens (tertiary/aromatic N) is 5. The Morgan fingerprint density at radius 2 is 1.72 bits per heavy atom. The third-order valence-corrected chi connectivity index (χ3v) is 9.13. The zero-order valence-electron chi connectivity index (χ0n) is 24.6. The van der Waals surface area contributed by atoms with Crippen LogP contribution in [-0.2, 0) is 27.6 Å². The van der Waals surface area contributed by atoms with Gasteiger partial charge in [0.05, 0.1) is 24.6 Å². The van der Waals surface area contributed by atoms with Crippen molar-refractivity contribution in [2.45, 2.75) is 57.0 Å². The van der Waals surface area contributed by atoms with E-state index in [2.05, 4.69) is 15.5 Å². The average molecular weight is 606 g/mol. The molecular formula is C31H35N5O6S. The smallest absolute Gasteiger partial charge is 0.410 e. The number of fused-ring (bicyclic) bond motifs is 1. The number of hydrogen-bond donors (Lipinski definition) is 0. The van der Waals surface area contributed by atoms with E-state index in [0.29, 0.717) is 42.2 Å². The van der Waals surface area contributed by atoms with Crippen LogP contribution in [0.1, 0.15) is 49.9 Å². The fourth-order valence-electron chi connectivity index (χ4n) is 4.87. The zero-order valence-corrected chi connectivity index (χ0v) is 25.5. The summed E-state index contributed by atoms with van der Waals surface area (Å²) in [5, 5.41) is 11.1. The van der Waals surface area contributed by atoms with Crippen LogP contribution in [0.2, 0.25) is 0 Å². The van der Waals surface area contributed by atoms with E-state index in [9.17, 15) is 13.2 Å². The molecule has 3 aromatic carbocycles. The zero-order chi connectivity index (χ0) is 30.6. The molecule has 0 radical (unpaired) electrons. The van der Waals surface area contributed by atoms with Gasteiger partial charge < -0.3 is 14.2 Å². The maximum Gasteiger partial charge on any atom is 0.410 e. The predicted molar refractivity (Wildman–Crippen MR) is 159 cm³/mol. The Morgan fingerprint density at radius 3 is 2.40 bits per heavy atom. The van der Waals surface area contributed by atoms with Gasteiger partial charge in [-0.3, -0.25) is 4.90 Å². The number of carbonyl (C=O) groups excluding carboxylic acids is 1. The Bertz CT molecular complexity index is 1680. The molecule has 0 saturated heterocycles. The molecule has 1 aromatic heterocycles. The highest BCUT2D eigenvalue weighted by molar-refractivity contribution is 7.91. The van der Waals surface area contributed by atoms with Crippen molar-refractivity contribution in [3.8, 4) is 17.2 Å². The van der Waals surface area contributed by atoms with E-state index in [1.54, 1.807) is 30.3 Å². The monoisotopic (exact) mass is 605 g/mol. The van der Waals surface area contributed by atoms with Crippen LogP contribution in [0.4, 0.5) is 4.79 Å². The Morgan fingerprint density at radius 1 is 1.02 bits per heavy atom. The highest BCUT2D eigenvalue weighted by Gasteiger charge is 2.39. The molecule has 226 valence electrons. The number of amides is 1. The van der Waals surface area contributed by atoms with Gasteiger partial charge in [-0.1, -0.05) is 60.6 Å². The molecule has 0 fully saturated rings. The summed E-state index contributed by atoms with van der Waals surface area (Å²) in [4.78, 5) is 15.0. The minimum atomic E-state index is -4.12. The Balaban J connectivity index is 1.53. The van der Waals surface area contributed by atoms with E-state index in [1.807, 2.05) is 63.2 Å². The first-order valence-corrected chi connectivity index (χ1v) is 15.7. The number of methoxy groups -OCH3 is 1. The van der Waals surface area contributed by atoms with Crippen molar-refractivity contribution in [1.29, 1.82) is 0 Å². The Labute approximate surface area is 251 Å². The van der Waals surface area contributed by atoms with Gasteiger partial charge in [0.15, 0.2) is 11.5 Å². The molecule has 1 aliphatic heterocycles. The molecular weight excluding hydrogens is 570 g/mol. The predicted octanol–water partition coefficient (Wildman–Crippen LogP) is 4.95. The van der Waals surface area contributed by atoms with Crippen molar-refractivity contribution in [1.82, 2.24) is 25.1 Å². The van der Waals surface area contributed by atoms with E-state index in [0.717, 1.165) is 11.1 Å². The van der Waals surface area contributed by atoms with Gasteiger partial charge >= 0.3 is 6.09 Å². The first-order chi connectivity index (χ1) is 20.6. The summed E-state index contributed by atoms with van der Waals surface area (Å²) < 4.78 is 46.7. The molecule has 0 spiro atoms. The third kappa shape index (κ3) is 6.64. The maximum atomic E-state index is 14.0. The molecule has 0 N–H and O–H groups in total. The molecule has 1 amide bonds. The molecule has 0 bridgehead atoms. The summed E-state index contributed by atoms with van der Waals surface area (Å²) in [5.41, 5.74) is 2.24. The second kappa shape index (κ2) is 12.4. The number of benzene rings is 3. The lowest BCUT2D eigenvalue weighted by molar-refractivity contribution is 0.00366. The van der Waals surface area contributed by atoms with Crippen LogP contribution < -0.4 is 9.47 Å². The molecule has 4 aromatic rings. The molecule has 1 atom stereocenters. The molecule has 5 rings (SSSR count). The quantitative estimate of drug-likeness (QED) is 0.247. The Hall–Kier alpha value is -4.45. The fraction of sp³-hybridized carbons (Fsp3) is 0.355. The van der Waals surface area contributed by atoms with Gasteiger partial charge in [0.1, 0.15) is 12.2 Å². The first-order valence-electron chi connectivity index (χ1n) is 14.1. The highest BCUT2D eigenvalue weighted by atomic mass is 32.2. The van der Waals surface area contributed by atoms with Crippen LogP contribution in [0.15, 0.2) is 78.0 Å². The second-order valence-electron chi connectivity index (χ2n) is 10.9. The summed E-state index contributed by atoms with van der Waals surface area (Å²) in [6, 6.07) is 21.2. The molecule has 12 heteroatoms. The Kier molecular flexibility index (Phi) is 8.67. The minimum absolute atomic E-state index is 0.250. The van der Waals surface area contributed by atoms with Gasteiger partial charge in [-0.15, -0.1) is 0 Å². The number of ether oxygens (including phenoxy) is 3. The lowest BCUT2D eigenvalue weighted by Gasteiger charge is -2.38. The highest BCUT2D eigenvalue weighted by Crippen LogP contribution is 2.40. The molecule has 0 aliphatic carbocycles. The van der Waals surface area contributed by atoms with E-state index in [1.165, 1.54) is 16.7 Å². The molecule has 1 aliphatic rings. The number of tetrazole rings is 1. The maximum absolute atomic E-state index is 14.0. The van der Waals surface area contributed by atoms with E-state index in [4.69, 9.17) is 14.2 Å². The molecule has 11 nitrogen and oxygen atoms in total. The third-order valence-electron chi connectivity index (χ3n) is 7.57. The summed E-state index contributed by atoms with van der Waals surface area (Å²) in [6.45, 7) is 6.15. The first kappa shape index (κ1) is 30.0. The number of para-hydroxylation sites is 1. The van der Waals surface area contributed by atoms with Crippen LogP contribution >= 0.6 is 0 Å². The average Bonchev–Trinajstić information content (AvgIpc) is 3.52. The van der Waals surface area contributed by atoms with Crippen molar-refractivity contribution >= 4 is 15.9 Å². The van der Waals surface area contributed by atoms with Crippen molar-refractivity contribution < 1.29 is 27.4 Å². The summed E-state index contributed by atoms with van der Waals surface area (Å²) in [5.74, 6) is 0.487. The number of rotatable bonds is 10. The van der Waals surface area contributed by atoms with Crippen LogP contribution in [0, 0.1) is 0 Å². The van der Waals surface area contributed by atoms with Gasteiger partial charge in [-0.05, 0) is 78.1 Å². The molecule has 0 saturated carbocycles. The lowest BCUT2D eigenvalue weighted by atomic mass is 9.93. The van der Waals surface area contributed by atoms with Crippen molar-refractivity contribution in [2.75, 3.05) is 19.4 Å². The van der Waals surface area contributed by atoms with Gasteiger partial charge in [0.2, 0.25) is 9.84 Å². The van der Waals surface area contributed by atoms with Gasteiger partial charge in [-0.25, -0.2) is 13.2 Å². The van der Waals surface area contributed by atoms with Crippen LogP contribution in [0.25, 0.3) is 5.69 Å². The normalized spacial score (nSPS) is 15.1. The SMILES string of the molecule is CCC(C)(C)OC(=O)N1CCc2cc(OCc3ccccc3)c(OC)cc2C1CS(=O)(=O)c1nnnn1-c1ccccc1. The van der Waals surface area contributed by atoms with Gasteiger partial charge in [-0.2, -0.15) is 4.68 Å². The summed E-state index contributed by atoms with van der Waals surface area (Å²) >= 11 is 0. The van der Waals surface area contributed by atoms with Gasteiger partial charge in [0.25, 0.3) is 5.16 Å². The summed E-state index contributed by atoms with van der Waals surface area (Å²) in [7, 11) is -2.60. The van der Waals surface area contributed by atoms with E-state index < -0.39 is 33.3 Å². The largest absolute Gasteiger partial charge is 0.493 e. The summed E-state index contributed by atoms with van der Waals surface area (Å²) in [6.07, 6.45) is 0.471. The molecule has 2 heterocycles. The van der Waals surface area contributed by atoms with E-state index >= 15 is 0 Å². The molecule has 43 heavy (non-hydrogen) atoms. The fourth-order valence-corrected chi connectivity index (χ4v) is 6.36. The van der Waals surface area contributed by atoms with Crippen molar-refractivity contribution in [3.63, 3.8) is 0 Å². The van der Waals surface area contributed by atoms with Crippen LogP contribution in [0.5, 0.6) is 11.5 Å². The van der Waals surface area contributed by atoms with E-state index in [-0.39, 0.29) is 11.7 Å². The number of hydrogen-bond acceptors (Lipinski definition) is 9. The topological polar surface area (TPSA) is 126 Å². The lowest BCUT2D eigenvalue weighted by Crippen LogP contribution is -2.45. The number of sulfone groups is 1. The van der Waals surface area contributed by atoms with Crippen molar-refractivity contribution in [2.24, 2.45) is 0 Å². The van der Waals surface area contributed by atoms with Crippen LogP contribution in [-0.4, -0.2) is 64.6 Å². The standard InChI is InChI=1S/C31H35N5O6S/c1-5-31(2,3)42-30(37)35-17-16-23-18-28(41-20-22-12-8-6-9-13-22)27(40-4)19-25(23)26(35)21-43(38,39)29-32-33-34-36(29)24-14-10-7-11-15-24/h6-15,18-19,26H,5,16-17,20-21H2,1-4H3. The van der Waals surface area contributed by atoms with Gasteiger partial charge in [0, 0.05) is 6.54 Å². The van der Waals surface area contributed by atoms with Crippen molar-refractivity contribution in [3.05, 3.63) is 89.5 Å². The van der Waals surface area contributed by atoms with Crippen LogP contribution in [0.3, 0.4) is 0 Å². The number of carbonyl (C=O) groups is 1. The second-order valence-corrected chi connectivity index (χ2v) is 12.8.